The van der Waals surface area contributed by atoms with Gasteiger partial charge >= 0.3 is 0 Å². The van der Waals surface area contributed by atoms with E-state index in [9.17, 15) is 0 Å². The standard InChI is InChI=1S/C23H22N2/c1-17-13-15-21(16-14-17)25-22(19-9-5-3-6-10-19)18(2)24-23(25)20-11-7-4-8-12-20/h3-16,18,22H,1-2H3/t18-,22+/m0/s1. The zero-order valence-corrected chi connectivity index (χ0v) is 14.6. The minimum atomic E-state index is 0.193. The largest absolute Gasteiger partial charge is 0.317 e. The summed E-state index contributed by atoms with van der Waals surface area (Å²) in [6, 6.07) is 30.3. The highest BCUT2D eigenvalue weighted by Crippen LogP contribution is 2.37. The average Bonchev–Trinajstić information content (AvgIpc) is 3.01. The predicted molar refractivity (Wildman–Crippen MR) is 105 cm³/mol. The highest BCUT2D eigenvalue weighted by molar-refractivity contribution is 6.12. The van der Waals surface area contributed by atoms with Gasteiger partial charge in [0.05, 0.1) is 12.1 Å². The lowest BCUT2D eigenvalue weighted by molar-refractivity contribution is 0.625. The van der Waals surface area contributed by atoms with E-state index in [0.717, 1.165) is 11.4 Å². The molecule has 0 radical (unpaired) electrons. The second kappa shape index (κ2) is 6.56. The fourth-order valence-corrected chi connectivity index (χ4v) is 3.54. The summed E-state index contributed by atoms with van der Waals surface area (Å²) in [4.78, 5) is 7.42. The molecule has 0 amide bonds. The van der Waals surface area contributed by atoms with Crippen molar-refractivity contribution in [3.05, 3.63) is 102 Å². The number of nitrogens with zero attached hydrogens (tertiary/aromatic N) is 2. The molecule has 2 nitrogen and oxygen atoms in total. The SMILES string of the molecule is Cc1ccc(N2C(c3ccccc3)=N[C@@H](C)[C@@H]2c2ccccc2)cc1. The Morgan fingerprint density at radius 1 is 0.760 bits per heavy atom. The Balaban J connectivity index is 1.84. The number of rotatable bonds is 3. The first-order valence-corrected chi connectivity index (χ1v) is 8.78. The van der Waals surface area contributed by atoms with Gasteiger partial charge in [0.2, 0.25) is 0 Å². The summed E-state index contributed by atoms with van der Waals surface area (Å²) in [6.45, 7) is 4.33. The summed E-state index contributed by atoms with van der Waals surface area (Å²) in [7, 11) is 0. The number of anilines is 1. The molecule has 0 fully saturated rings. The molecule has 1 aliphatic heterocycles. The van der Waals surface area contributed by atoms with Crippen LogP contribution in [0, 0.1) is 6.92 Å². The fourth-order valence-electron chi connectivity index (χ4n) is 3.54. The van der Waals surface area contributed by atoms with Crippen LogP contribution in [-0.4, -0.2) is 11.9 Å². The molecule has 1 aliphatic rings. The Labute approximate surface area is 149 Å². The third-order valence-electron chi connectivity index (χ3n) is 4.77. The molecule has 0 aliphatic carbocycles. The monoisotopic (exact) mass is 326 g/mol. The molecule has 4 rings (SSSR count). The van der Waals surface area contributed by atoms with Crippen LogP contribution >= 0.6 is 0 Å². The van der Waals surface area contributed by atoms with Gasteiger partial charge in [-0.1, -0.05) is 78.4 Å². The van der Waals surface area contributed by atoms with Crippen molar-refractivity contribution in [1.82, 2.24) is 0 Å². The van der Waals surface area contributed by atoms with Crippen molar-refractivity contribution in [3.8, 4) is 0 Å². The third kappa shape index (κ3) is 2.96. The van der Waals surface area contributed by atoms with Crippen LogP contribution in [0.15, 0.2) is 89.9 Å². The Hall–Kier alpha value is -2.87. The summed E-state index contributed by atoms with van der Waals surface area (Å²) >= 11 is 0. The van der Waals surface area contributed by atoms with E-state index >= 15 is 0 Å². The van der Waals surface area contributed by atoms with Crippen LogP contribution in [0.4, 0.5) is 5.69 Å². The van der Waals surface area contributed by atoms with Gasteiger partial charge < -0.3 is 4.90 Å². The average molecular weight is 326 g/mol. The van der Waals surface area contributed by atoms with Crippen molar-refractivity contribution < 1.29 is 0 Å². The maximum atomic E-state index is 5.04. The minimum absolute atomic E-state index is 0.193. The molecular formula is C23H22N2. The minimum Gasteiger partial charge on any atom is -0.317 e. The first-order valence-electron chi connectivity index (χ1n) is 8.78. The number of amidine groups is 1. The van der Waals surface area contributed by atoms with E-state index in [1.54, 1.807) is 0 Å². The second-order valence-electron chi connectivity index (χ2n) is 6.62. The summed E-state index contributed by atoms with van der Waals surface area (Å²) < 4.78 is 0. The molecule has 0 spiro atoms. The van der Waals surface area contributed by atoms with Gasteiger partial charge in [-0.25, -0.2) is 0 Å². The number of hydrogen-bond donors (Lipinski definition) is 0. The molecule has 3 aromatic rings. The summed E-state index contributed by atoms with van der Waals surface area (Å²) in [5.74, 6) is 1.05. The molecule has 124 valence electrons. The third-order valence-corrected chi connectivity index (χ3v) is 4.77. The lowest BCUT2D eigenvalue weighted by atomic mass is 9.99. The quantitative estimate of drug-likeness (QED) is 0.630. The van der Waals surface area contributed by atoms with E-state index in [2.05, 4.69) is 97.6 Å². The van der Waals surface area contributed by atoms with Crippen LogP contribution in [0.25, 0.3) is 0 Å². The van der Waals surface area contributed by atoms with Gasteiger partial charge in [0, 0.05) is 11.3 Å². The Morgan fingerprint density at radius 3 is 2.00 bits per heavy atom. The maximum absolute atomic E-state index is 5.04. The van der Waals surface area contributed by atoms with Crippen molar-refractivity contribution in [1.29, 1.82) is 0 Å². The van der Waals surface area contributed by atoms with Gasteiger partial charge in [0.15, 0.2) is 0 Å². The molecular weight excluding hydrogens is 304 g/mol. The summed E-state index contributed by atoms with van der Waals surface area (Å²) in [5.41, 5.74) is 4.91. The summed E-state index contributed by atoms with van der Waals surface area (Å²) in [5, 5.41) is 0. The van der Waals surface area contributed by atoms with E-state index in [-0.39, 0.29) is 12.1 Å². The van der Waals surface area contributed by atoms with Crippen LogP contribution in [0.1, 0.15) is 29.7 Å². The van der Waals surface area contributed by atoms with Crippen LogP contribution in [0.2, 0.25) is 0 Å². The highest BCUT2D eigenvalue weighted by atomic mass is 15.3. The maximum Gasteiger partial charge on any atom is 0.136 e. The van der Waals surface area contributed by atoms with Crippen molar-refractivity contribution in [2.75, 3.05) is 4.90 Å². The molecule has 0 bridgehead atoms. The van der Waals surface area contributed by atoms with E-state index in [4.69, 9.17) is 4.99 Å². The Kier molecular flexibility index (Phi) is 4.10. The molecule has 25 heavy (non-hydrogen) atoms. The van der Waals surface area contributed by atoms with Gasteiger partial charge in [0.25, 0.3) is 0 Å². The van der Waals surface area contributed by atoms with Crippen LogP contribution in [0.5, 0.6) is 0 Å². The summed E-state index contributed by atoms with van der Waals surface area (Å²) in [6.07, 6.45) is 0. The van der Waals surface area contributed by atoms with E-state index in [1.807, 2.05) is 6.07 Å². The number of hydrogen-bond acceptors (Lipinski definition) is 2. The first-order chi connectivity index (χ1) is 12.2. The van der Waals surface area contributed by atoms with Crippen LogP contribution in [-0.2, 0) is 0 Å². The first kappa shape index (κ1) is 15.6. The van der Waals surface area contributed by atoms with Gasteiger partial charge in [-0.15, -0.1) is 0 Å². The molecule has 0 saturated carbocycles. The highest BCUT2D eigenvalue weighted by Gasteiger charge is 2.36. The van der Waals surface area contributed by atoms with Crippen LogP contribution in [0.3, 0.4) is 0 Å². The van der Waals surface area contributed by atoms with Gasteiger partial charge in [-0.05, 0) is 31.5 Å². The number of benzene rings is 3. The van der Waals surface area contributed by atoms with Crippen LogP contribution < -0.4 is 4.90 Å². The second-order valence-corrected chi connectivity index (χ2v) is 6.62. The molecule has 2 atom stereocenters. The van der Waals surface area contributed by atoms with Crippen molar-refractivity contribution >= 4 is 11.5 Å². The topological polar surface area (TPSA) is 15.6 Å². The Bertz CT molecular complexity index is 867. The molecule has 2 heteroatoms. The molecule has 0 unspecified atom stereocenters. The lowest BCUT2D eigenvalue weighted by Gasteiger charge is -2.30. The lowest BCUT2D eigenvalue weighted by Crippen LogP contribution is -2.33. The molecule has 0 saturated heterocycles. The van der Waals surface area contributed by atoms with Gasteiger partial charge in [-0.3, -0.25) is 4.99 Å². The molecule has 0 aromatic heterocycles. The zero-order valence-electron chi connectivity index (χ0n) is 14.6. The van der Waals surface area contributed by atoms with E-state index in [1.165, 1.54) is 16.8 Å². The van der Waals surface area contributed by atoms with Gasteiger partial charge in [-0.2, -0.15) is 0 Å². The Morgan fingerprint density at radius 2 is 1.36 bits per heavy atom. The van der Waals surface area contributed by atoms with Crippen molar-refractivity contribution in [2.45, 2.75) is 25.9 Å². The predicted octanol–water partition coefficient (Wildman–Crippen LogP) is 5.39. The smallest absolute Gasteiger partial charge is 0.136 e. The molecule has 3 aromatic carbocycles. The number of aliphatic imine (C=N–C) groups is 1. The zero-order chi connectivity index (χ0) is 17.2. The molecule has 1 heterocycles. The normalized spacial score (nSPS) is 19.8. The van der Waals surface area contributed by atoms with Crippen molar-refractivity contribution in [3.63, 3.8) is 0 Å². The van der Waals surface area contributed by atoms with Crippen molar-refractivity contribution in [2.24, 2.45) is 4.99 Å². The molecule has 0 N–H and O–H groups in total. The van der Waals surface area contributed by atoms with E-state index in [0.29, 0.717) is 0 Å². The van der Waals surface area contributed by atoms with E-state index < -0.39 is 0 Å². The fraction of sp³-hybridized carbons (Fsp3) is 0.174. The van der Waals surface area contributed by atoms with Gasteiger partial charge in [0.1, 0.15) is 5.84 Å². The number of aryl methyl sites for hydroxylation is 1.